The third-order valence-electron chi connectivity index (χ3n) is 2.58. The molecular weight excluding hydrogens is 309 g/mol. The molecule has 1 atom stereocenters. The molecule has 0 saturated heterocycles. The van der Waals surface area contributed by atoms with Crippen LogP contribution in [0.25, 0.3) is 0 Å². The molecule has 0 bridgehead atoms. The van der Waals surface area contributed by atoms with Gasteiger partial charge in [-0.05, 0) is 59.1 Å². The average Bonchev–Trinajstić information content (AvgIpc) is 2.32. The van der Waals surface area contributed by atoms with Crippen molar-refractivity contribution < 1.29 is 9.13 Å². The van der Waals surface area contributed by atoms with E-state index in [9.17, 15) is 4.39 Å². The molecule has 19 heavy (non-hydrogen) atoms. The van der Waals surface area contributed by atoms with Crippen LogP contribution in [0.2, 0.25) is 0 Å². The number of nitrogens with two attached hydrogens (primary N) is 1. The maximum absolute atomic E-state index is 13.1. The standard InChI is InChI=1S/C15H15BrFNO/c1-10(18)7-11-5-6-15(14(16)8-11)19-13-4-2-3-12(17)9-13/h2-6,8-10H,7,18H2,1H3. The summed E-state index contributed by atoms with van der Waals surface area (Å²) in [6.07, 6.45) is 0.804. The highest BCUT2D eigenvalue weighted by Crippen LogP contribution is 2.30. The molecule has 0 aliphatic rings. The van der Waals surface area contributed by atoms with Crippen molar-refractivity contribution in [2.24, 2.45) is 5.73 Å². The summed E-state index contributed by atoms with van der Waals surface area (Å²) in [4.78, 5) is 0. The van der Waals surface area contributed by atoms with E-state index in [4.69, 9.17) is 10.5 Å². The molecule has 2 aromatic carbocycles. The van der Waals surface area contributed by atoms with Crippen molar-refractivity contribution in [2.45, 2.75) is 19.4 Å². The summed E-state index contributed by atoms with van der Waals surface area (Å²) < 4.78 is 19.5. The first-order valence-electron chi connectivity index (χ1n) is 6.02. The van der Waals surface area contributed by atoms with Gasteiger partial charge < -0.3 is 10.5 Å². The number of benzene rings is 2. The van der Waals surface area contributed by atoms with Crippen LogP contribution in [0.15, 0.2) is 46.9 Å². The highest BCUT2D eigenvalue weighted by molar-refractivity contribution is 9.10. The molecule has 0 aromatic heterocycles. The van der Waals surface area contributed by atoms with Gasteiger partial charge in [0.05, 0.1) is 4.47 Å². The monoisotopic (exact) mass is 323 g/mol. The first kappa shape index (κ1) is 14.0. The van der Waals surface area contributed by atoms with Crippen LogP contribution in [0, 0.1) is 5.82 Å². The van der Waals surface area contributed by atoms with E-state index in [2.05, 4.69) is 15.9 Å². The quantitative estimate of drug-likeness (QED) is 0.911. The van der Waals surface area contributed by atoms with Crippen LogP contribution in [0.1, 0.15) is 12.5 Å². The molecule has 2 aromatic rings. The third-order valence-corrected chi connectivity index (χ3v) is 3.20. The summed E-state index contributed by atoms with van der Waals surface area (Å²) in [6.45, 7) is 1.96. The predicted octanol–water partition coefficient (Wildman–Crippen LogP) is 4.27. The summed E-state index contributed by atoms with van der Waals surface area (Å²) in [5, 5.41) is 0. The van der Waals surface area contributed by atoms with Crippen molar-refractivity contribution in [3.05, 3.63) is 58.3 Å². The molecule has 100 valence electrons. The maximum atomic E-state index is 13.1. The van der Waals surface area contributed by atoms with Crippen LogP contribution in [0.3, 0.4) is 0 Å². The van der Waals surface area contributed by atoms with Crippen molar-refractivity contribution in [1.82, 2.24) is 0 Å². The number of ether oxygens (including phenoxy) is 1. The predicted molar refractivity (Wildman–Crippen MR) is 78.0 cm³/mol. The van der Waals surface area contributed by atoms with Crippen molar-refractivity contribution >= 4 is 15.9 Å². The van der Waals surface area contributed by atoms with Gasteiger partial charge in [0, 0.05) is 12.1 Å². The van der Waals surface area contributed by atoms with Crippen LogP contribution in [0.5, 0.6) is 11.5 Å². The van der Waals surface area contributed by atoms with Gasteiger partial charge >= 0.3 is 0 Å². The van der Waals surface area contributed by atoms with Gasteiger partial charge in [-0.25, -0.2) is 4.39 Å². The number of halogens is 2. The van der Waals surface area contributed by atoms with Crippen molar-refractivity contribution in [2.75, 3.05) is 0 Å². The molecule has 2 nitrogen and oxygen atoms in total. The Bertz CT molecular complexity index is 572. The molecule has 0 spiro atoms. The zero-order valence-electron chi connectivity index (χ0n) is 10.6. The molecule has 0 heterocycles. The summed E-state index contributed by atoms with van der Waals surface area (Å²) >= 11 is 3.45. The van der Waals surface area contributed by atoms with Crippen LogP contribution in [0.4, 0.5) is 4.39 Å². The van der Waals surface area contributed by atoms with Crippen LogP contribution >= 0.6 is 15.9 Å². The minimum absolute atomic E-state index is 0.113. The normalized spacial score (nSPS) is 12.2. The third kappa shape index (κ3) is 4.04. The van der Waals surface area contributed by atoms with Gasteiger partial charge in [-0.3, -0.25) is 0 Å². The lowest BCUT2D eigenvalue weighted by Crippen LogP contribution is -2.17. The fraction of sp³-hybridized carbons (Fsp3) is 0.200. The van der Waals surface area contributed by atoms with E-state index < -0.39 is 0 Å². The fourth-order valence-corrected chi connectivity index (χ4v) is 2.29. The SMILES string of the molecule is CC(N)Cc1ccc(Oc2cccc(F)c2)c(Br)c1. The van der Waals surface area contributed by atoms with Gasteiger partial charge in [-0.2, -0.15) is 0 Å². The van der Waals surface area contributed by atoms with E-state index in [1.54, 1.807) is 12.1 Å². The Morgan fingerprint density at radius 2 is 2.05 bits per heavy atom. The molecule has 2 rings (SSSR count). The number of hydrogen-bond donors (Lipinski definition) is 1. The van der Waals surface area contributed by atoms with Crippen LogP contribution in [-0.2, 0) is 6.42 Å². The van der Waals surface area contributed by atoms with Crippen molar-refractivity contribution in [3.63, 3.8) is 0 Å². The molecular formula is C15H15BrFNO. The maximum Gasteiger partial charge on any atom is 0.141 e. The fourth-order valence-electron chi connectivity index (χ4n) is 1.78. The van der Waals surface area contributed by atoms with Gasteiger partial charge in [0.25, 0.3) is 0 Å². The van der Waals surface area contributed by atoms with Gasteiger partial charge in [0.1, 0.15) is 17.3 Å². The van der Waals surface area contributed by atoms with Crippen LogP contribution < -0.4 is 10.5 Å². The van der Waals surface area contributed by atoms with E-state index in [-0.39, 0.29) is 11.9 Å². The van der Waals surface area contributed by atoms with E-state index in [0.717, 1.165) is 16.5 Å². The Balaban J connectivity index is 2.17. The van der Waals surface area contributed by atoms with Crippen molar-refractivity contribution in [1.29, 1.82) is 0 Å². The molecule has 2 N–H and O–H groups in total. The topological polar surface area (TPSA) is 35.2 Å². The number of hydrogen-bond acceptors (Lipinski definition) is 2. The second-order valence-corrected chi connectivity index (χ2v) is 5.36. The molecule has 0 aliphatic carbocycles. The lowest BCUT2D eigenvalue weighted by Gasteiger charge is -2.10. The molecule has 0 radical (unpaired) electrons. The van der Waals surface area contributed by atoms with Crippen molar-refractivity contribution in [3.8, 4) is 11.5 Å². The van der Waals surface area contributed by atoms with E-state index >= 15 is 0 Å². The second-order valence-electron chi connectivity index (χ2n) is 4.51. The largest absolute Gasteiger partial charge is 0.456 e. The smallest absolute Gasteiger partial charge is 0.141 e. The first-order chi connectivity index (χ1) is 9.04. The number of rotatable bonds is 4. The Hall–Kier alpha value is -1.39. The van der Waals surface area contributed by atoms with Gasteiger partial charge in [0.2, 0.25) is 0 Å². The average molecular weight is 324 g/mol. The Morgan fingerprint density at radius 1 is 1.26 bits per heavy atom. The lowest BCUT2D eigenvalue weighted by molar-refractivity contribution is 0.473. The molecule has 0 amide bonds. The first-order valence-corrected chi connectivity index (χ1v) is 6.81. The van der Waals surface area contributed by atoms with E-state index in [0.29, 0.717) is 11.5 Å². The van der Waals surface area contributed by atoms with E-state index in [1.807, 2.05) is 25.1 Å². The summed E-state index contributed by atoms with van der Waals surface area (Å²) in [6, 6.07) is 12.0. The summed E-state index contributed by atoms with van der Waals surface area (Å²) in [5.74, 6) is 0.807. The highest BCUT2D eigenvalue weighted by Gasteiger charge is 2.06. The van der Waals surface area contributed by atoms with Gasteiger partial charge in [0.15, 0.2) is 0 Å². The molecule has 0 fully saturated rings. The zero-order valence-corrected chi connectivity index (χ0v) is 12.2. The van der Waals surface area contributed by atoms with E-state index in [1.165, 1.54) is 12.1 Å². The Kier molecular flexibility index (Phi) is 4.56. The molecule has 1 unspecified atom stereocenters. The second kappa shape index (κ2) is 6.17. The van der Waals surface area contributed by atoms with Gasteiger partial charge in [-0.1, -0.05) is 12.1 Å². The minimum Gasteiger partial charge on any atom is -0.456 e. The highest BCUT2D eigenvalue weighted by atomic mass is 79.9. The summed E-state index contributed by atoms with van der Waals surface area (Å²) in [5.41, 5.74) is 6.90. The Labute approximate surface area is 120 Å². The molecule has 0 saturated carbocycles. The zero-order chi connectivity index (χ0) is 13.8. The lowest BCUT2D eigenvalue weighted by atomic mass is 10.1. The van der Waals surface area contributed by atoms with Crippen LogP contribution in [-0.4, -0.2) is 6.04 Å². The van der Waals surface area contributed by atoms with Gasteiger partial charge in [-0.15, -0.1) is 0 Å². The molecule has 0 aliphatic heterocycles. The molecule has 4 heteroatoms. The Morgan fingerprint density at radius 3 is 2.68 bits per heavy atom. The minimum atomic E-state index is -0.317. The summed E-state index contributed by atoms with van der Waals surface area (Å²) in [7, 11) is 0.